The molecule has 172 valence electrons. The number of carbonyl (C=O) groups is 3. The first-order chi connectivity index (χ1) is 16.5. The van der Waals surface area contributed by atoms with E-state index in [9.17, 15) is 19.5 Å². The summed E-state index contributed by atoms with van der Waals surface area (Å²) in [6, 6.07) is 15.8. The van der Waals surface area contributed by atoms with Gasteiger partial charge in [0.15, 0.2) is 5.78 Å². The monoisotopic (exact) mass is 455 g/mol. The number of ketones is 1. The van der Waals surface area contributed by atoms with Crippen molar-refractivity contribution in [1.82, 2.24) is 4.98 Å². The van der Waals surface area contributed by atoms with Gasteiger partial charge in [0.25, 0.3) is 5.91 Å². The lowest BCUT2D eigenvalue weighted by molar-refractivity contribution is -0.137. The van der Waals surface area contributed by atoms with Crippen LogP contribution >= 0.6 is 0 Å². The van der Waals surface area contributed by atoms with E-state index in [-0.39, 0.29) is 24.5 Å². The van der Waals surface area contributed by atoms with Crippen molar-refractivity contribution < 1.29 is 19.5 Å². The minimum absolute atomic E-state index is 0.0335. The first kappa shape index (κ1) is 21.7. The van der Waals surface area contributed by atoms with E-state index in [0.29, 0.717) is 35.4 Å². The molecule has 0 spiro atoms. The zero-order chi connectivity index (χ0) is 23.7. The van der Waals surface area contributed by atoms with Gasteiger partial charge in [-0.3, -0.25) is 14.4 Å². The van der Waals surface area contributed by atoms with Crippen LogP contribution in [-0.2, 0) is 29.0 Å². The lowest BCUT2D eigenvalue weighted by Crippen LogP contribution is -2.11. The molecule has 1 aliphatic carbocycles. The maximum Gasteiger partial charge on any atom is 0.303 e. The van der Waals surface area contributed by atoms with Crippen molar-refractivity contribution in [1.29, 1.82) is 0 Å². The fourth-order valence-corrected chi connectivity index (χ4v) is 4.69. The SMILES string of the molecule is O=C(O)CCc1c(C=C2C(=O)Nc3ccc(NCc4ccccc4)cc32)[nH]c2c1C(=O)CCC2. The molecule has 0 radical (unpaired) electrons. The van der Waals surface area contributed by atoms with Crippen LogP contribution in [0, 0.1) is 0 Å². The first-order valence-corrected chi connectivity index (χ1v) is 11.4. The third-order valence-corrected chi connectivity index (χ3v) is 6.34. The highest BCUT2D eigenvalue weighted by molar-refractivity contribution is 6.35. The Morgan fingerprint density at radius 2 is 1.91 bits per heavy atom. The van der Waals surface area contributed by atoms with Gasteiger partial charge in [-0.1, -0.05) is 30.3 Å². The van der Waals surface area contributed by atoms with Crippen molar-refractivity contribution >= 4 is 40.7 Å². The van der Waals surface area contributed by atoms with E-state index in [1.54, 1.807) is 6.08 Å². The Labute approximate surface area is 196 Å². The van der Waals surface area contributed by atoms with Gasteiger partial charge in [0.1, 0.15) is 0 Å². The molecular formula is C27H25N3O4. The maximum absolute atomic E-state index is 12.8. The lowest BCUT2D eigenvalue weighted by Gasteiger charge is -2.11. The number of amides is 1. The molecule has 0 saturated carbocycles. The quantitative estimate of drug-likeness (QED) is 0.387. The molecule has 7 heteroatoms. The largest absolute Gasteiger partial charge is 0.481 e. The lowest BCUT2D eigenvalue weighted by atomic mass is 9.91. The fraction of sp³-hybridized carbons (Fsp3) is 0.222. The average molecular weight is 456 g/mol. The normalized spacial score (nSPS) is 15.7. The van der Waals surface area contributed by atoms with Crippen LogP contribution in [0.25, 0.3) is 11.6 Å². The van der Waals surface area contributed by atoms with E-state index in [1.807, 2.05) is 48.5 Å². The van der Waals surface area contributed by atoms with Crippen LogP contribution in [-0.4, -0.2) is 27.8 Å². The molecule has 1 amide bonds. The molecule has 7 nitrogen and oxygen atoms in total. The molecule has 0 bridgehead atoms. The van der Waals surface area contributed by atoms with Crippen molar-refractivity contribution in [3.05, 3.63) is 82.2 Å². The standard InChI is InChI=1S/C27H25N3O4/c31-24-8-4-7-22-26(24)18(10-12-25(32)33)23(29-22)14-20-19-13-17(9-11-21(19)30-27(20)34)28-15-16-5-2-1-3-6-16/h1-3,5-6,9,11,13-14,28-29H,4,7-8,10,12,15H2,(H,30,34)(H,32,33). The van der Waals surface area contributed by atoms with Crippen LogP contribution in [0.2, 0.25) is 0 Å². The van der Waals surface area contributed by atoms with Crippen LogP contribution in [0.3, 0.4) is 0 Å². The number of Topliss-reactive ketones (excluding diaryl/α,β-unsaturated/α-hetero) is 1. The summed E-state index contributed by atoms with van der Waals surface area (Å²) >= 11 is 0. The van der Waals surface area contributed by atoms with Gasteiger partial charge in [-0.15, -0.1) is 0 Å². The average Bonchev–Trinajstić information content (AvgIpc) is 3.34. The Balaban J connectivity index is 1.49. The third kappa shape index (κ3) is 4.24. The molecule has 0 unspecified atom stereocenters. The summed E-state index contributed by atoms with van der Waals surface area (Å²) in [6.07, 6.45) is 3.87. The minimum atomic E-state index is -0.921. The molecule has 2 aliphatic rings. The number of benzene rings is 2. The number of aliphatic carboxylic acids is 1. The smallest absolute Gasteiger partial charge is 0.303 e. The van der Waals surface area contributed by atoms with Crippen LogP contribution in [0.15, 0.2) is 48.5 Å². The second-order valence-corrected chi connectivity index (χ2v) is 8.65. The topological polar surface area (TPSA) is 111 Å². The van der Waals surface area contributed by atoms with E-state index in [0.717, 1.165) is 41.0 Å². The number of H-pyrrole nitrogens is 1. The molecule has 4 N–H and O–H groups in total. The molecule has 34 heavy (non-hydrogen) atoms. The number of aryl methyl sites for hydroxylation is 1. The number of hydrogen-bond donors (Lipinski definition) is 4. The van der Waals surface area contributed by atoms with Crippen LogP contribution in [0.4, 0.5) is 11.4 Å². The predicted octanol–water partition coefficient (Wildman–Crippen LogP) is 4.66. The number of anilines is 2. The second-order valence-electron chi connectivity index (χ2n) is 8.65. The van der Waals surface area contributed by atoms with E-state index in [4.69, 9.17) is 0 Å². The van der Waals surface area contributed by atoms with Gasteiger partial charge >= 0.3 is 5.97 Å². The molecule has 1 aromatic heterocycles. The van der Waals surface area contributed by atoms with Crippen molar-refractivity contribution in [3.63, 3.8) is 0 Å². The molecular weight excluding hydrogens is 430 g/mol. The molecule has 2 aromatic carbocycles. The van der Waals surface area contributed by atoms with Gasteiger partial charge in [-0.05, 0) is 54.7 Å². The highest BCUT2D eigenvalue weighted by atomic mass is 16.4. The van der Waals surface area contributed by atoms with Gasteiger partial charge in [0, 0.05) is 53.3 Å². The molecule has 0 fully saturated rings. The van der Waals surface area contributed by atoms with E-state index < -0.39 is 5.97 Å². The molecule has 3 aromatic rings. The molecule has 5 rings (SSSR count). The summed E-state index contributed by atoms with van der Waals surface area (Å²) in [5.41, 5.74) is 6.79. The Hall–Kier alpha value is -4.13. The minimum Gasteiger partial charge on any atom is -0.481 e. The number of aromatic nitrogens is 1. The number of nitrogens with one attached hydrogen (secondary N) is 3. The Morgan fingerprint density at radius 1 is 1.09 bits per heavy atom. The predicted molar refractivity (Wildman–Crippen MR) is 131 cm³/mol. The summed E-state index contributed by atoms with van der Waals surface area (Å²) in [7, 11) is 0. The molecule has 1 aliphatic heterocycles. The van der Waals surface area contributed by atoms with Crippen molar-refractivity contribution in [2.45, 2.75) is 38.6 Å². The summed E-state index contributed by atoms with van der Waals surface area (Å²) in [5.74, 6) is -1.11. The number of fused-ring (bicyclic) bond motifs is 2. The summed E-state index contributed by atoms with van der Waals surface area (Å²) in [4.78, 5) is 40.0. The summed E-state index contributed by atoms with van der Waals surface area (Å²) < 4.78 is 0. The maximum atomic E-state index is 12.8. The van der Waals surface area contributed by atoms with E-state index >= 15 is 0 Å². The highest BCUT2D eigenvalue weighted by Gasteiger charge is 2.29. The first-order valence-electron chi connectivity index (χ1n) is 11.4. The van der Waals surface area contributed by atoms with Crippen molar-refractivity contribution in [2.24, 2.45) is 0 Å². The number of carbonyl (C=O) groups excluding carboxylic acids is 2. The third-order valence-electron chi connectivity index (χ3n) is 6.34. The second kappa shape index (κ2) is 9.02. The Kier molecular flexibility index (Phi) is 5.76. The van der Waals surface area contributed by atoms with Crippen molar-refractivity contribution in [2.75, 3.05) is 10.6 Å². The van der Waals surface area contributed by atoms with Crippen LogP contribution in [0.5, 0.6) is 0 Å². The van der Waals surface area contributed by atoms with Gasteiger partial charge in [0.05, 0.1) is 5.57 Å². The number of hydrogen-bond acceptors (Lipinski definition) is 4. The molecule has 0 saturated heterocycles. The van der Waals surface area contributed by atoms with Gasteiger partial charge in [-0.2, -0.15) is 0 Å². The van der Waals surface area contributed by atoms with Gasteiger partial charge in [-0.25, -0.2) is 0 Å². The number of aromatic amines is 1. The number of carboxylic acids is 1. The Morgan fingerprint density at radius 3 is 2.71 bits per heavy atom. The van der Waals surface area contributed by atoms with E-state index in [1.165, 1.54) is 0 Å². The summed E-state index contributed by atoms with van der Waals surface area (Å²) in [6.45, 7) is 0.658. The zero-order valence-corrected chi connectivity index (χ0v) is 18.6. The molecule has 0 atom stereocenters. The molecule has 2 heterocycles. The zero-order valence-electron chi connectivity index (χ0n) is 18.6. The van der Waals surface area contributed by atoms with Crippen LogP contribution in [0.1, 0.15) is 57.7 Å². The number of carboxylic acid groups (broad SMARTS) is 1. The van der Waals surface area contributed by atoms with Gasteiger partial charge in [0.2, 0.25) is 0 Å². The highest BCUT2D eigenvalue weighted by Crippen LogP contribution is 2.37. The number of rotatable bonds is 7. The van der Waals surface area contributed by atoms with Gasteiger partial charge < -0.3 is 20.7 Å². The fourth-order valence-electron chi connectivity index (χ4n) is 4.69. The van der Waals surface area contributed by atoms with Crippen LogP contribution < -0.4 is 10.6 Å². The van der Waals surface area contributed by atoms with Crippen molar-refractivity contribution in [3.8, 4) is 0 Å². The van der Waals surface area contributed by atoms with E-state index in [2.05, 4.69) is 15.6 Å². The Bertz CT molecular complexity index is 1320. The summed E-state index contributed by atoms with van der Waals surface area (Å²) in [5, 5.41) is 15.5.